The molecule has 0 bridgehead atoms. The lowest BCUT2D eigenvalue weighted by molar-refractivity contribution is 0.413. The van der Waals surface area contributed by atoms with E-state index in [-0.39, 0.29) is 0 Å². The van der Waals surface area contributed by atoms with Crippen molar-refractivity contribution < 1.29 is 4.74 Å². The summed E-state index contributed by atoms with van der Waals surface area (Å²) in [5.74, 6) is 1.85. The molecule has 0 spiro atoms. The highest BCUT2D eigenvalue weighted by molar-refractivity contribution is 5.41. The van der Waals surface area contributed by atoms with Crippen molar-refractivity contribution in [1.82, 2.24) is 5.32 Å². The lowest BCUT2D eigenvalue weighted by atomic mass is 9.95. The van der Waals surface area contributed by atoms with E-state index in [0.29, 0.717) is 5.41 Å². The summed E-state index contributed by atoms with van der Waals surface area (Å²) in [4.78, 5) is 0. The molecule has 3 rings (SSSR count). The van der Waals surface area contributed by atoms with Gasteiger partial charge in [-0.05, 0) is 36.6 Å². The van der Waals surface area contributed by atoms with Gasteiger partial charge in [0.25, 0.3) is 0 Å². The Hall–Kier alpha value is -1.02. The predicted molar refractivity (Wildman–Crippen MR) is 55.6 cm³/mol. The van der Waals surface area contributed by atoms with E-state index in [0.717, 1.165) is 18.2 Å². The topological polar surface area (TPSA) is 21.3 Å². The summed E-state index contributed by atoms with van der Waals surface area (Å²) in [7, 11) is 1.73. The first-order valence-corrected chi connectivity index (χ1v) is 5.20. The number of methoxy groups -OCH3 is 1. The monoisotopic (exact) mass is 189 g/mol. The largest absolute Gasteiger partial charge is 0.497 e. The Morgan fingerprint density at radius 1 is 1.50 bits per heavy atom. The van der Waals surface area contributed by atoms with Gasteiger partial charge in [0.2, 0.25) is 0 Å². The molecule has 1 aliphatic carbocycles. The molecule has 1 saturated carbocycles. The molecule has 14 heavy (non-hydrogen) atoms. The number of hydrogen-bond donors (Lipinski definition) is 1. The smallest absolute Gasteiger partial charge is 0.119 e. The van der Waals surface area contributed by atoms with Crippen molar-refractivity contribution in [2.45, 2.75) is 11.8 Å². The van der Waals surface area contributed by atoms with Gasteiger partial charge in [-0.25, -0.2) is 0 Å². The molecule has 2 fully saturated rings. The van der Waals surface area contributed by atoms with Gasteiger partial charge in [-0.15, -0.1) is 0 Å². The van der Waals surface area contributed by atoms with Crippen LogP contribution in [-0.4, -0.2) is 20.2 Å². The molecule has 0 radical (unpaired) electrons. The van der Waals surface area contributed by atoms with Gasteiger partial charge in [0, 0.05) is 12.0 Å². The fourth-order valence-corrected chi connectivity index (χ4v) is 2.72. The highest BCUT2D eigenvalue weighted by Gasteiger charge is 2.57. The van der Waals surface area contributed by atoms with E-state index in [2.05, 4.69) is 23.5 Å². The van der Waals surface area contributed by atoms with Crippen LogP contribution < -0.4 is 10.1 Å². The molecule has 0 amide bonds. The van der Waals surface area contributed by atoms with E-state index in [1.807, 2.05) is 6.07 Å². The van der Waals surface area contributed by atoms with Crippen LogP contribution in [0.15, 0.2) is 24.3 Å². The second kappa shape index (κ2) is 2.74. The SMILES string of the molecule is COc1cccc([C@]23CNC[C@H]2C3)c1. The first kappa shape index (κ1) is 8.30. The van der Waals surface area contributed by atoms with Crippen LogP contribution in [0.5, 0.6) is 5.75 Å². The Morgan fingerprint density at radius 3 is 3.07 bits per heavy atom. The average molecular weight is 189 g/mol. The van der Waals surface area contributed by atoms with E-state index in [4.69, 9.17) is 4.74 Å². The van der Waals surface area contributed by atoms with E-state index >= 15 is 0 Å². The van der Waals surface area contributed by atoms with Crippen molar-refractivity contribution in [3.05, 3.63) is 29.8 Å². The number of ether oxygens (including phenoxy) is 1. The Bertz CT molecular complexity index is 363. The van der Waals surface area contributed by atoms with Crippen LogP contribution in [0.1, 0.15) is 12.0 Å². The zero-order valence-corrected chi connectivity index (χ0v) is 8.42. The van der Waals surface area contributed by atoms with Crippen LogP contribution in [-0.2, 0) is 5.41 Å². The Balaban J connectivity index is 1.96. The summed E-state index contributed by atoms with van der Waals surface area (Å²) in [6, 6.07) is 8.53. The standard InChI is InChI=1S/C12H15NO/c1-14-11-4-2-3-9(5-11)12-6-10(12)7-13-8-12/h2-5,10,13H,6-8H2,1H3/t10-,12+/m1/s1. The van der Waals surface area contributed by atoms with Crippen molar-refractivity contribution >= 4 is 0 Å². The molecule has 0 unspecified atom stereocenters. The van der Waals surface area contributed by atoms with Crippen molar-refractivity contribution in [2.75, 3.05) is 20.2 Å². The molecule has 1 aromatic carbocycles. The molecule has 1 N–H and O–H groups in total. The minimum absolute atomic E-state index is 0.453. The van der Waals surface area contributed by atoms with E-state index in [1.54, 1.807) is 7.11 Å². The minimum atomic E-state index is 0.453. The normalized spacial score (nSPS) is 33.9. The van der Waals surface area contributed by atoms with Gasteiger partial charge in [-0.1, -0.05) is 12.1 Å². The zero-order valence-electron chi connectivity index (χ0n) is 8.42. The zero-order chi connectivity index (χ0) is 9.60. The summed E-state index contributed by atoms with van der Waals surface area (Å²) in [5.41, 5.74) is 1.90. The maximum atomic E-state index is 5.26. The molecule has 0 aromatic heterocycles. The molecular formula is C12H15NO. The minimum Gasteiger partial charge on any atom is -0.497 e. The molecule has 1 aromatic rings. The molecule has 2 heteroatoms. The molecule has 2 aliphatic rings. The fourth-order valence-electron chi connectivity index (χ4n) is 2.72. The molecule has 1 heterocycles. The highest BCUT2D eigenvalue weighted by atomic mass is 16.5. The van der Waals surface area contributed by atoms with Crippen molar-refractivity contribution in [1.29, 1.82) is 0 Å². The van der Waals surface area contributed by atoms with Crippen LogP contribution >= 0.6 is 0 Å². The van der Waals surface area contributed by atoms with Crippen LogP contribution in [0.4, 0.5) is 0 Å². The quantitative estimate of drug-likeness (QED) is 0.762. The van der Waals surface area contributed by atoms with Crippen molar-refractivity contribution in [2.24, 2.45) is 5.92 Å². The third-order valence-electron chi connectivity index (χ3n) is 3.71. The van der Waals surface area contributed by atoms with Crippen LogP contribution in [0.25, 0.3) is 0 Å². The van der Waals surface area contributed by atoms with Gasteiger partial charge < -0.3 is 10.1 Å². The molecular weight excluding hydrogens is 174 g/mol. The summed E-state index contributed by atoms with van der Waals surface area (Å²) in [6.45, 7) is 2.34. The molecule has 2 nitrogen and oxygen atoms in total. The maximum absolute atomic E-state index is 5.26. The molecule has 2 atom stereocenters. The maximum Gasteiger partial charge on any atom is 0.119 e. The highest BCUT2D eigenvalue weighted by Crippen LogP contribution is 2.56. The number of nitrogens with one attached hydrogen (secondary N) is 1. The van der Waals surface area contributed by atoms with Gasteiger partial charge in [0.05, 0.1) is 7.11 Å². The number of hydrogen-bond acceptors (Lipinski definition) is 2. The fraction of sp³-hybridized carbons (Fsp3) is 0.500. The van der Waals surface area contributed by atoms with Gasteiger partial charge in [-0.2, -0.15) is 0 Å². The van der Waals surface area contributed by atoms with Crippen LogP contribution in [0, 0.1) is 5.92 Å². The third-order valence-corrected chi connectivity index (χ3v) is 3.71. The lowest BCUT2D eigenvalue weighted by Crippen LogP contribution is -2.19. The number of piperidine rings is 1. The molecule has 74 valence electrons. The first-order chi connectivity index (χ1) is 6.85. The van der Waals surface area contributed by atoms with Gasteiger partial charge >= 0.3 is 0 Å². The van der Waals surface area contributed by atoms with Gasteiger partial charge in [0.1, 0.15) is 5.75 Å². The average Bonchev–Trinajstić information content (AvgIpc) is 2.82. The molecule has 1 aliphatic heterocycles. The van der Waals surface area contributed by atoms with Gasteiger partial charge in [-0.3, -0.25) is 0 Å². The second-order valence-electron chi connectivity index (χ2n) is 4.42. The Kier molecular flexibility index (Phi) is 1.62. The second-order valence-corrected chi connectivity index (χ2v) is 4.42. The van der Waals surface area contributed by atoms with Gasteiger partial charge in [0.15, 0.2) is 0 Å². The van der Waals surface area contributed by atoms with Crippen molar-refractivity contribution in [3.63, 3.8) is 0 Å². The molecule has 1 saturated heterocycles. The summed E-state index contributed by atoms with van der Waals surface area (Å²) in [6.07, 6.45) is 1.35. The van der Waals surface area contributed by atoms with E-state index in [1.165, 1.54) is 18.5 Å². The van der Waals surface area contributed by atoms with E-state index < -0.39 is 0 Å². The summed E-state index contributed by atoms with van der Waals surface area (Å²) >= 11 is 0. The van der Waals surface area contributed by atoms with Crippen molar-refractivity contribution in [3.8, 4) is 5.75 Å². The first-order valence-electron chi connectivity index (χ1n) is 5.20. The summed E-state index contributed by atoms with van der Waals surface area (Å²) < 4.78 is 5.26. The Labute approximate surface area is 84.3 Å². The van der Waals surface area contributed by atoms with Crippen LogP contribution in [0.3, 0.4) is 0 Å². The lowest BCUT2D eigenvalue weighted by Gasteiger charge is -2.13. The Morgan fingerprint density at radius 2 is 2.43 bits per heavy atom. The number of fused-ring (bicyclic) bond motifs is 1. The summed E-state index contributed by atoms with van der Waals surface area (Å²) in [5, 5.41) is 3.46. The predicted octanol–water partition coefficient (Wildman–Crippen LogP) is 1.56. The number of rotatable bonds is 2. The van der Waals surface area contributed by atoms with Crippen LogP contribution in [0.2, 0.25) is 0 Å². The van der Waals surface area contributed by atoms with E-state index in [9.17, 15) is 0 Å². The number of benzene rings is 1. The third kappa shape index (κ3) is 1.01.